The number of hydrogen-bond acceptors (Lipinski definition) is 2. The molecule has 1 fully saturated rings. The van der Waals surface area contributed by atoms with Gasteiger partial charge in [0.2, 0.25) is 0 Å². The van der Waals surface area contributed by atoms with Crippen molar-refractivity contribution in [2.75, 3.05) is 0 Å². The second-order valence-electron chi connectivity index (χ2n) is 5.35. The van der Waals surface area contributed by atoms with Crippen molar-refractivity contribution in [2.45, 2.75) is 19.4 Å². The number of amides is 1. The molecule has 1 aromatic rings. The maximum atomic E-state index is 12.4. The van der Waals surface area contributed by atoms with E-state index in [1.807, 2.05) is 31.2 Å². The van der Waals surface area contributed by atoms with E-state index >= 15 is 0 Å². The van der Waals surface area contributed by atoms with E-state index in [0.29, 0.717) is 0 Å². The predicted molar refractivity (Wildman–Crippen MR) is 76.7 cm³/mol. The van der Waals surface area contributed by atoms with E-state index < -0.39 is 0 Å². The number of pyridine rings is 1. The summed E-state index contributed by atoms with van der Waals surface area (Å²) in [5, 5.41) is 3.02. The first-order chi connectivity index (χ1) is 9.74. The first kappa shape index (κ1) is 11.4. The molecule has 1 aromatic heterocycles. The number of nitrogens with zero attached hydrogens (tertiary/aromatic N) is 1. The number of fused-ring (bicyclic) bond motifs is 2. The summed E-state index contributed by atoms with van der Waals surface area (Å²) < 4.78 is 0. The first-order valence-electron chi connectivity index (χ1n) is 6.82. The van der Waals surface area contributed by atoms with Crippen molar-refractivity contribution < 1.29 is 4.79 Å². The van der Waals surface area contributed by atoms with Gasteiger partial charge in [0.25, 0.3) is 5.91 Å². The molecule has 3 heteroatoms. The van der Waals surface area contributed by atoms with Crippen molar-refractivity contribution in [1.82, 2.24) is 10.3 Å². The van der Waals surface area contributed by atoms with Crippen LogP contribution in [0.2, 0.25) is 0 Å². The highest BCUT2D eigenvalue weighted by Gasteiger charge is 2.35. The second kappa shape index (κ2) is 4.04. The molecule has 1 N–H and O–H groups in total. The Bertz CT molecular complexity index is 736. The third-order valence-corrected chi connectivity index (χ3v) is 3.99. The quantitative estimate of drug-likeness (QED) is 0.910. The molecule has 1 heterocycles. The molecule has 0 saturated heterocycles. The Balaban J connectivity index is 1.55. The largest absolute Gasteiger partial charge is 0.344 e. The van der Waals surface area contributed by atoms with Gasteiger partial charge in [-0.25, -0.2) is 0 Å². The van der Waals surface area contributed by atoms with Gasteiger partial charge in [-0.1, -0.05) is 12.1 Å². The Labute approximate surface area is 117 Å². The van der Waals surface area contributed by atoms with Gasteiger partial charge in [-0.05, 0) is 59.9 Å². The highest BCUT2D eigenvalue weighted by atomic mass is 16.1. The van der Waals surface area contributed by atoms with E-state index in [0.717, 1.165) is 23.3 Å². The molecule has 1 atom stereocenters. The summed E-state index contributed by atoms with van der Waals surface area (Å²) in [4.78, 5) is 16.7. The number of rotatable bonds is 3. The molecule has 0 aliphatic heterocycles. The summed E-state index contributed by atoms with van der Waals surface area (Å²) in [6, 6.07) is 5.64. The highest BCUT2D eigenvalue weighted by molar-refractivity contribution is 6.01. The normalized spacial score (nSPS) is 19.8. The summed E-state index contributed by atoms with van der Waals surface area (Å²) in [6.07, 6.45) is 8.96. The fourth-order valence-corrected chi connectivity index (χ4v) is 2.82. The zero-order chi connectivity index (χ0) is 13.7. The summed E-state index contributed by atoms with van der Waals surface area (Å²) >= 11 is 0. The Morgan fingerprint density at radius 2 is 2.20 bits per heavy atom. The third kappa shape index (κ3) is 1.67. The van der Waals surface area contributed by atoms with Gasteiger partial charge in [0.1, 0.15) is 0 Å². The lowest BCUT2D eigenvalue weighted by molar-refractivity contribution is -0.117. The van der Waals surface area contributed by atoms with Crippen molar-refractivity contribution in [1.29, 1.82) is 0 Å². The molecule has 3 aliphatic carbocycles. The number of aromatic nitrogens is 1. The van der Waals surface area contributed by atoms with Crippen molar-refractivity contribution in [3.63, 3.8) is 0 Å². The average molecular weight is 262 g/mol. The molecule has 0 radical (unpaired) electrons. The number of nitrogens with one attached hydrogen (secondary N) is 1. The van der Waals surface area contributed by atoms with Crippen LogP contribution in [0.5, 0.6) is 0 Å². The van der Waals surface area contributed by atoms with E-state index in [2.05, 4.69) is 22.5 Å². The molecule has 0 spiro atoms. The fourth-order valence-electron chi connectivity index (χ4n) is 2.82. The second-order valence-corrected chi connectivity index (χ2v) is 5.35. The molecule has 20 heavy (non-hydrogen) atoms. The van der Waals surface area contributed by atoms with Crippen molar-refractivity contribution in [3.8, 4) is 0 Å². The van der Waals surface area contributed by atoms with Crippen LogP contribution in [0.25, 0.3) is 0 Å². The van der Waals surface area contributed by atoms with Gasteiger partial charge in [0.05, 0.1) is 11.7 Å². The molecule has 1 amide bonds. The van der Waals surface area contributed by atoms with Crippen LogP contribution < -0.4 is 5.32 Å². The van der Waals surface area contributed by atoms with Crippen molar-refractivity contribution in [3.05, 3.63) is 76.2 Å². The zero-order valence-corrected chi connectivity index (χ0v) is 11.2. The average Bonchev–Trinajstić information content (AvgIpc) is 2.95. The summed E-state index contributed by atoms with van der Waals surface area (Å²) in [6.45, 7) is 1.95. The van der Waals surface area contributed by atoms with Crippen LogP contribution in [0.3, 0.4) is 0 Å². The molecule has 98 valence electrons. The van der Waals surface area contributed by atoms with Crippen LogP contribution >= 0.6 is 0 Å². The van der Waals surface area contributed by atoms with Crippen LogP contribution in [0.4, 0.5) is 0 Å². The topological polar surface area (TPSA) is 42.0 Å². The molecule has 3 aliphatic rings. The lowest BCUT2D eigenvalue weighted by atomic mass is 10.1. The Morgan fingerprint density at radius 1 is 1.30 bits per heavy atom. The summed E-state index contributed by atoms with van der Waals surface area (Å²) in [5.41, 5.74) is 6.79. The molecule has 0 bridgehead atoms. The third-order valence-electron chi connectivity index (χ3n) is 3.99. The standard InChI is InChI=1S/C17H14N2O/c1-10(16-4-2-3-7-18-16)19-17(20)13-6-5-12-14-8-11(14)9-15(12)13/h2-7,9-10H,8H2,1H3,(H,19,20)/t10-/m1/s1. The molecular formula is C17H14N2O. The van der Waals surface area contributed by atoms with E-state index in [-0.39, 0.29) is 11.9 Å². The lowest BCUT2D eigenvalue weighted by Gasteiger charge is -2.13. The molecule has 1 saturated carbocycles. The highest BCUT2D eigenvalue weighted by Crippen LogP contribution is 2.51. The van der Waals surface area contributed by atoms with E-state index in [9.17, 15) is 4.79 Å². The van der Waals surface area contributed by atoms with Crippen LogP contribution in [0.15, 0.2) is 70.5 Å². The number of carbonyl (C=O) groups is 1. The minimum atomic E-state index is -0.0921. The first-order valence-corrected chi connectivity index (χ1v) is 6.82. The minimum Gasteiger partial charge on any atom is -0.344 e. The van der Waals surface area contributed by atoms with Crippen LogP contribution in [-0.4, -0.2) is 10.9 Å². The van der Waals surface area contributed by atoms with Crippen LogP contribution in [0, 0.1) is 0 Å². The minimum absolute atomic E-state index is 0.0249. The van der Waals surface area contributed by atoms with Crippen molar-refractivity contribution >= 4 is 5.91 Å². The lowest BCUT2D eigenvalue weighted by Crippen LogP contribution is -2.28. The summed E-state index contributed by atoms with van der Waals surface area (Å²) in [5.74, 6) is -0.0249. The van der Waals surface area contributed by atoms with Gasteiger partial charge >= 0.3 is 0 Å². The fraction of sp³-hybridized carbons (Fsp3) is 0.176. The zero-order valence-electron chi connectivity index (χ0n) is 11.2. The molecule has 0 unspecified atom stereocenters. The van der Waals surface area contributed by atoms with Gasteiger partial charge in [-0.15, -0.1) is 0 Å². The predicted octanol–water partition coefficient (Wildman–Crippen LogP) is 2.77. The molecule has 3 nitrogen and oxygen atoms in total. The molecule has 0 aromatic carbocycles. The van der Waals surface area contributed by atoms with Gasteiger partial charge in [0, 0.05) is 11.8 Å². The van der Waals surface area contributed by atoms with E-state index in [4.69, 9.17) is 0 Å². The number of allylic oxidation sites excluding steroid dienone is 6. The monoisotopic (exact) mass is 262 g/mol. The summed E-state index contributed by atoms with van der Waals surface area (Å²) in [7, 11) is 0. The van der Waals surface area contributed by atoms with Gasteiger partial charge in [0.15, 0.2) is 0 Å². The van der Waals surface area contributed by atoms with Crippen LogP contribution in [0.1, 0.15) is 25.1 Å². The van der Waals surface area contributed by atoms with Gasteiger partial charge in [-0.2, -0.15) is 0 Å². The van der Waals surface area contributed by atoms with E-state index in [1.165, 1.54) is 16.7 Å². The Hall–Kier alpha value is -2.42. The van der Waals surface area contributed by atoms with Gasteiger partial charge in [-0.3, -0.25) is 9.78 Å². The SMILES string of the molecule is C[C@@H](NC(=O)C1=C2C=C3CC3=C2C=C1)c1ccccn1. The smallest absolute Gasteiger partial charge is 0.252 e. The Morgan fingerprint density at radius 3 is 3.00 bits per heavy atom. The van der Waals surface area contributed by atoms with Gasteiger partial charge < -0.3 is 5.32 Å². The number of hydrogen-bond donors (Lipinski definition) is 1. The maximum absolute atomic E-state index is 12.4. The van der Waals surface area contributed by atoms with E-state index in [1.54, 1.807) is 6.20 Å². The van der Waals surface area contributed by atoms with Crippen molar-refractivity contribution in [2.24, 2.45) is 0 Å². The molecular weight excluding hydrogens is 248 g/mol. The van der Waals surface area contributed by atoms with Crippen LogP contribution in [-0.2, 0) is 4.79 Å². The molecule has 4 rings (SSSR count). The Kier molecular flexibility index (Phi) is 2.30. The maximum Gasteiger partial charge on any atom is 0.252 e. The number of carbonyl (C=O) groups excluding carboxylic acids is 1.